The maximum Gasteiger partial charge on any atom is 0.507 e. The lowest BCUT2D eigenvalue weighted by Crippen LogP contribution is -2.52. The van der Waals surface area contributed by atoms with Crippen LogP contribution in [0.25, 0.3) is 5.69 Å². The van der Waals surface area contributed by atoms with Crippen LogP contribution in [0.15, 0.2) is 36.5 Å². The Balaban J connectivity index is 2.22. The van der Waals surface area contributed by atoms with E-state index >= 15 is 0 Å². The second kappa shape index (κ2) is 4.70. The van der Waals surface area contributed by atoms with Crippen molar-refractivity contribution in [2.75, 3.05) is 0 Å². The number of benzene rings is 1. The van der Waals surface area contributed by atoms with Crippen molar-refractivity contribution < 1.29 is 27.0 Å². The van der Waals surface area contributed by atoms with Gasteiger partial charge in [0.2, 0.25) is 0 Å². The van der Waals surface area contributed by atoms with E-state index < -0.39 is 23.7 Å². The fourth-order valence-corrected chi connectivity index (χ4v) is 2.26. The molecule has 22 heavy (non-hydrogen) atoms. The largest absolute Gasteiger partial charge is 0.507 e. The number of para-hydroxylation sites is 1. The average molecular weight is 331 g/mol. The first-order valence-electron chi connectivity index (χ1n) is 6.18. The molecule has 0 spiro atoms. The van der Waals surface area contributed by atoms with Crippen LogP contribution in [0.4, 0.5) is 17.6 Å². The Hall–Kier alpha value is -2.09. The Kier molecular flexibility index (Phi) is 3.17. The zero-order valence-corrected chi connectivity index (χ0v) is 12.0. The molecule has 0 saturated heterocycles. The van der Waals surface area contributed by atoms with Crippen molar-refractivity contribution in [3.63, 3.8) is 0 Å². The highest BCUT2D eigenvalue weighted by molar-refractivity contribution is 7.71. The molecule has 0 aliphatic carbocycles. The van der Waals surface area contributed by atoms with E-state index in [4.69, 9.17) is 12.2 Å². The molecule has 0 saturated carbocycles. The lowest BCUT2D eigenvalue weighted by Gasteiger charge is -2.33. The number of pyridine rings is 1. The quantitative estimate of drug-likeness (QED) is 0.569. The number of halogens is 4. The number of alkyl halides is 4. The van der Waals surface area contributed by atoms with Gasteiger partial charge in [0, 0.05) is 6.20 Å². The van der Waals surface area contributed by atoms with E-state index in [0.717, 1.165) is 11.6 Å². The third-order valence-corrected chi connectivity index (χ3v) is 3.42. The van der Waals surface area contributed by atoms with Gasteiger partial charge in [0.15, 0.2) is 11.5 Å². The second-order valence-corrected chi connectivity index (χ2v) is 5.18. The van der Waals surface area contributed by atoms with Crippen molar-refractivity contribution in [2.24, 2.45) is 0 Å². The van der Waals surface area contributed by atoms with E-state index in [2.05, 4.69) is 9.47 Å². The van der Waals surface area contributed by atoms with E-state index in [1.807, 2.05) is 0 Å². The molecule has 116 valence electrons. The SMILES string of the molecule is Cc1ccc(=S)n(-c2cccc3c2OC(F)(F)C(F)(F)O3)c1. The molecule has 2 heterocycles. The van der Waals surface area contributed by atoms with Gasteiger partial charge in [-0.05, 0) is 30.7 Å². The molecule has 0 fully saturated rings. The molecule has 1 aromatic carbocycles. The van der Waals surface area contributed by atoms with Crippen LogP contribution in [0.3, 0.4) is 0 Å². The van der Waals surface area contributed by atoms with Gasteiger partial charge in [0.25, 0.3) is 0 Å². The van der Waals surface area contributed by atoms with Gasteiger partial charge in [0.05, 0.1) is 5.69 Å². The zero-order valence-electron chi connectivity index (χ0n) is 11.1. The van der Waals surface area contributed by atoms with Gasteiger partial charge in [-0.25, -0.2) is 0 Å². The fourth-order valence-electron chi connectivity index (χ4n) is 2.04. The summed E-state index contributed by atoms with van der Waals surface area (Å²) < 4.78 is 63.3. The van der Waals surface area contributed by atoms with E-state index in [9.17, 15) is 17.6 Å². The van der Waals surface area contributed by atoms with Gasteiger partial charge < -0.3 is 14.0 Å². The minimum absolute atomic E-state index is 0.0985. The maximum absolute atomic E-state index is 13.4. The molecule has 8 heteroatoms. The summed E-state index contributed by atoms with van der Waals surface area (Å²) in [6.07, 6.45) is -7.93. The Labute approximate surface area is 127 Å². The number of ether oxygens (including phenoxy) is 2. The first-order chi connectivity index (χ1) is 10.2. The van der Waals surface area contributed by atoms with Crippen molar-refractivity contribution >= 4 is 12.2 Å². The summed E-state index contributed by atoms with van der Waals surface area (Å²) in [7, 11) is 0. The van der Waals surface area contributed by atoms with Crippen molar-refractivity contribution in [1.29, 1.82) is 0 Å². The van der Waals surface area contributed by atoms with Gasteiger partial charge in [0.1, 0.15) is 4.64 Å². The van der Waals surface area contributed by atoms with Gasteiger partial charge in [-0.2, -0.15) is 17.6 Å². The van der Waals surface area contributed by atoms with Crippen LogP contribution in [0.2, 0.25) is 0 Å². The molecule has 0 radical (unpaired) electrons. The first kappa shape index (κ1) is 14.8. The number of aromatic nitrogens is 1. The van der Waals surface area contributed by atoms with E-state index in [1.165, 1.54) is 16.7 Å². The highest BCUT2D eigenvalue weighted by Crippen LogP contribution is 2.49. The summed E-state index contributed by atoms with van der Waals surface area (Å²) in [5.41, 5.74) is 0.904. The number of hydrogen-bond donors (Lipinski definition) is 0. The Bertz CT molecular complexity index is 804. The molecule has 0 atom stereocenters. The summed E-state index contributed by atoms with van der Waals surface area (Å²) in [4.78, 5) is 0. The van der Waals surface area contributed by atoms with E-state index in [1.54, 1.807) is 25.3 Å². The molecule has 0 bridgehead atoms. The van der Waals surface area contributed by atoms with Crippen LogP contribution >= 0.6 is 12.2 Å². The van der Waals surface area contributed by atoms with Crippen LogP contribution < -0.4 is 9.47 Å². The Morgan fingerprint density at radius 3 is 2.41 bits per heavy atom. The van der Waals surface area contributed by atoms with E-state index in [-0.39, 0.29) is 5.69 Å². The third kappa shape index (κ3) is 2.23. The molecular formula is C14H9F4NO2S. The lowest BCUT2D eigenvalue weighted by atomic mass is 10.2. The Morgan fingerprint density at radius 1 is 1.00 bits per heavy atom. The lowest BCUT2D eigenvalue weighted by molar-refractivity contribution is -0.391. The summed E-state index contributed by atoms with van der Waals surface area (Å²) >= 11 is 5.13. The van der Waals surface area contributed by atoms with Crippen LogP contribution in [0, 0.1) is 11.6 Å². The fraction of sp³-hybridized carbons (Fsp3) is 0.214. The molecule has 1 aromatic heterocycles. The Morgan fingerprint density at radius 2 is 1.68 bits per heavy atom. The summed E-state index contributed by atoms with van der Waals surface area (Å²) in [6.45, 7) is 1.78. The minimum atomic E-state index is -4.78. The van der Waals surface area contributed by atoms with Crippen LogP contribution in [0.1, 0.15) is 5.56 Å². The minimum Gasteiger partial charge on any atom is -0.421 e. The first-order valence-corrected chi connectivity index (χ1v) is 6.58. The normalized spacial score (nSPS) is 18.0. The maximum atomic E-state index is 13.4. The molecule has 0 amide bonds. The van der Waals surface area contributed by atoms with Crippen molar-refractivity contribution in [3.05, 3.63) is 46.7 Å². The number of rotatable bonds is 1. The second-order valence-electron chi connectivity index (χ2n) is 4.76. The van der Waals surface area contributed by atoms with Gasteiger partial charge in [-0.15, -0.1) is 0 Å². The molecule has 2 aromatic rings. The molecule has 3 nitrogen and oxygen atoms in total. The molecule has 3 rings (SSSR count). The smallest absolute Gasteiger partial charge is 0.421 e. The predicted molar refractivity (Wildman–Crippen MR) is 72.5 cm³/mol. The number of fused-ring (bicyclic) bond motifs is 1. The van der Waals surface area contributed by atoms with E-state index in [0.29, 0.717) is 4.64 Å². The molecule has 0 unspecified atom stereocenters. The van der Waals surface area contributed by atoms with Gasteiger partial charge in [-0.1, -0.05) is 24.4 Å². The van der Waals surface area contributed by atoms with Crippen LogP contribution in [-0.2, 0) is 0 Å². The van der Waals surface area contributed by atoms with Crippen LogP contribution in [-0.4, -0.2) is 16.8 Å². The number of aryl methyl sites for hydroxylation is 1. The highest BCUT2D eigenvalue weighted by Gasteiger charge is 2.66. The highest BCUT2D eigenvalue weighted by atomic mass is 32.1. The summed E-state index contributed by atoms with van der Waals surface area (Å²) in [6, 6.07) is 7.29. The predicted octanol–water partition coefficient (Wildman–Crippen LogP) is 4.47. The average Bonchev–Trinajstić information content (AvgIpc) is 2.42. The standard InChI is InChI=1S/C14H9F4NO2S/c1-8-5-6-11(22)19(7-8)9-3-2-4-10-12(9)21-14(17,18)13(15,16)20-10/h2-7H,1H3. The zero-order chi connectivity index (χ0) is 16.1. The molecule has 1 aliphatic heterocycles. The molecule has 1 aliphatic rings. The third-order valence-electron chi connectivity index (χ3n) is 3.08. The van der Waals surface area contributed by atoms with Crippen molar-refractivity contribution in [1.82, 2.24) is 4.57 Å². The summed E-state index contributed by atoms with van der Waals surface area (Å²) in [5.74, 6) is -0.961. The molecule has 0 N–H and O–H groups in total. The summed E-state index contributed by atoms with van der Waals surface area (Å²) in [5, 5.41) is 0. The topological polar surface area (TPSA) is 23.4 Å². The van der Waals surface area contributed by atoms with Crippen LogP contribution in [0.5, 0.6) is 11.5 Å². The number of nitrogens with zero attached hydrogens (tertiary/aromatic N) is 1. The monoisotopic (exact) mass is 331 g/mol. The van der Waals surface area contributed by atoms with Gasteiger partial charge >= 0.3 is 12.2 Å². The van der Waals surface area contributed by atoms with Gasteiger partial charge in [-0.3, -0.25) is 0 Å². The van der Waals surface area contributed by atoms with Crippen molar-refractivity contribution in [2.45, 2.75) is 19.1 Å². The van der Waals surface area contributed by atoms with Crippen molar-refractivity contribution in [3.8, 4) is 17.2 Å². The molecular weight excluding hydrogens is 322 g/mol. The number of hydrogen-bond acceptors (Lipinski definition) is 3.